The lowest BCUT2D eigenvalue weighted by atomic mass is 10.1. The van der Waals surface area contributed by atoms with Gasteiger partial charge in [-0.1, -0.05) is 11.6 Å². The van der Waals surface area contributed by atoms with Crippen LogP contribution in [0.25, 0.3) is 0 Å². The summed E-state index contributed by atoms with van der Waals surface area (Å²) in [7, 11) is 0. The van der Waals surface area contributed by atoms with Gasteiger partial charge in [0.15, 0.2) is 12.1 Å². The van der Waals surface area contributed by atoms with E-state index in [1.807, 2.05) is 0 Å². The summed E-state index contributed by atoms with van der Waals surface area (Å²) in [6, 6.07) is 0. The van der Waals surface area contributed by atoms with E-state index in [0.717, 1.165) is 0 Å². The van der Waals surface area contributed by atoms with E-state index < -0.39 is 28.5 Å². The molecule has 0 atom stereocenters. The van der Waals surface area contributed by atoms with Gasteiger partial charge in [-0.3, -0.25) is 4.79 Å². The van der Waals surface area contributed by atoms with Crippen molar-refractivity contribution >= 4 is 17.9 Å². The Labute approximate surface area is 76.3 Å². The first-order valence-corrected chi connectivity index (χ1v) is 3.53. The molecule has 0 unspecified atom stereocenters. The van der Waals surface area contributed by atoms with Crippen molar-refractivity contribution in [2.75, 3.05) is 0 Å². The molecule has 0 saturated carbocycles. The van der Waals surface area contributed by atoms with E-state index >= 15 is 0 Å². The van der Waals surface area contributed by atoms with Crippen LogP contribution in [0.3, 0.4) is 0 Å². The third kappa shape index (κ3) is 1.80. The molecule has 0 aliphatic heterocycles. The first-order chi connectivity index (χ1) is 6.07. The van der Waals surface area contributed by atoms with Crippen molar-refractivity contribution in [2.24, 2.45) is 0 Å². The Balaban J connectivity index is 3.43. The lowest BCUT2D eigenvalue weighted by molar-refractivity contribution is 0.110. The minimum atomic E-state index is -3.08. The average Bonchev–Trinajstić information content (AvgIpc) is 2.07. The van der Waals surface area contributed by atoms with Crippen LogP contribution in [0.15, 0.2) is 6.20 Å². The number of alkyl halides is 2. The Bertz CT molecular complexity index is 343. The van der Waals surface area contributed by atoms with Crippen molar-refractivity contribution in [2.45, 2.75) is 6.43 Å². The van der Waals surface area contributed by atoms with Crippen LogP contribution in [0, 0.1) is 5.82 Å². The minimum Gasteiger partial charge on any atom is -0.298 e. The van der Waals surface area contributed by atoms with Crippen LogP contribution in [0.2, 0.25) is 5.15 Å². The van der Waals surface area contributed by atoms with Gasteiger partial charge in [0, 0.05) is 0 Å². The molecule has 0 amide bonds. The van der Waals surface area contributed by atoms with Gasteiger partial charge in [0.05, 0.1) is 17.3 Å². The maximum Gasteiger partial charge on any atom is 0.267 e. The molecule has 0 spiro atoms. The largest absolute Gasteiger partial charge is 0.298 e. The van der Waals surface area contributed by atoms with Crippen LogP contribution in [0.1, 0.15) is 22.3 Å². The predicted molar refractivity (Wildman–Crippen MR) is 39.5 cm³/mol. The molecule has 2 nitrogen and oxygen atoms in total. The molecule has 1 rings (SSSR count). The molecule has 13 heavy (non-hydrogen) atoms. The number of hydrogen-bond acceptors (Lipinski definition) is 2. The van der Waals surface area contributed by atoms with E-state index in [-0.39, 0.29) is 6.29 Å². The fourth-order valence-electron chi connectivity index (χ4n) is 0.826. The van der Waals surface area contributed by atoms with Crippen LogP contribution >= 0.6 is 11.6 Å². The Morgan fingerprint density at radius 1 is 1.54 bits per heavy atom. The van der Waals surface area contributed by atoms with Gasteiger partial charge >= 0.3 is 0 Å². The molecule has 1 aromatic rings. The number of carbonyl (C=O) groups is 1. The van der Waals surface area contributed by atoms with Gasteiger partial charge in [0.25, 0.3) is 6.43 Å². The van der Waals surface area contributed by atoms with Gasteiger partial charge in [-0.25, -0.2) is 18.2 Å². The van der Waals surface area contributed by atoms with Gasteiger partial charge < -0.3 is 0 Å². The molecule has 0 radical (unpaired) electrons. The topological polar surface area (TPSA) is 30.0 Å². The molecule has 0 bridgehead atoms. The predicted octanol–water partition coefficient (Wildman–Crippen LogP) is 2.62. The highest BCUT2D eigenvalue weighted by atomic mass is 35.5. The SMILES string of the molecule is O=Cc1c(Cl)ncc(F)c1C(F)F. The maximum atomic E-state index is 12.7. The summed E-state index contributed by atoms with van der Waals surface area (Å²) in [6.45, 7) is 0. The van der Waals surface area contributed by atoms with Crippen molar-refractivity contribution in [1.29, 1.82) is 0 Å². The molecule has 1 aromatic heterocycles. The van der Waals surface area contributed by atoms with Gasteiger partial charge in [-0.05, 0) is 0 Å². The monoisotopic (exact) mass is 209 g/mol. The highest BCUT2D eigenvalue weighted by molar-refractivity contribution is 6.31. The molecule has 70 valence electrons. The Hall–Kier alpha value is -1.10. The van der Waals surface area contributed by atoms with Crippen LogP contribution in [-0.4, -0.2) is 11.3 Å². The average molecular weight is 210 g/mol. The van der Waals surface area contributed by atoms with Gasteiger partial charge in [-0.2, -0.15) is 0 Å². The zero-order valence-electron chi connectivity index (χ0n) is 6.10. The van der Waals surface area contributed by atoms with Crippen molar-refractivity contribution in [1.82, 2.24) is 4.98 Å². The fraction of sp³-hybridized carbons (Fsp3) is 0.143. The third-order valence-electron chi connectivity index (χ3n) is 1.40. The zero-order valence-corrected chi connectivity index (χ0v) is 6.86. The van der Waals surface area contributed by atoms with Crippen molar-refractivity contribution in [3.63, 3.8) is 0 Å². The van der Waals surface area contributed by atoms with Crippen LogP contribution in [0.5, 0.6) is 0 Å². The number of pyridine rings is 1. The molecule has 0 fully saturated rings. The summed E-state index contributed by atoms with van der Waals surface area (Å²) in [4.78, 5) is 13.5. The normalized spacial score (nSPS) is 10.5. The number of rotatable bonds is 2. The first kappa shape index (κ1) is 9.98. The number of hydrogen-bond donors (Lipinski definition) is 0. The molecule has 0 N–H and O–H groups in total. The lowest BCUT2D eigenvalue weighted by Gasteiger charge is -2.05. The summed E-state index contributed by atoms with van der Waals surface area (Å²) >= 11 is 5.30. The Morgan fingerprint density at radius 2 is 2.15 bits per heavy atom. The van der Waals surface area contributed by atoms with E-state index in [1.165, 1.54) is 0 Å². The Kier molecular flexibility index (Phi) is 2.87. The highest BCUT2D eigenvalue weighted by Crippen LogP contribution is 2.27. The molecular weight excluding hydrogens is 207 g/mol. The van der Waals surface area contributed by atoms with Crippen molar-refractivity contribution in [3.8, 4) is 0 Å². The molecule has 0 aliphatic carbocycles. The number of aldehydes is 1. The van der Waals surface area contributed by atoms with E-state index in [2.05, 4.69) is 4.98 Å². The summed E-state index contributed by atoms with van der Waals surface area (Å²) in [5, 5.41) is -0.424. The first-order valence-electron chi connectivity index (χ1n) is 3.15. The van der Waals surface area contributed by atoms with Crippen molar-refractivity contribution in [3.05, 3.63) is 28.3 Å². The summed E-state index contributed by atoms with van der Waals surface area (Å²) in [6.07, 6.45) is -2.47. The summed E-state index contributed by atoms with van der Waals surface area (Å²) in [5.41, 5.74) is -1.60. The van der Waals surface area contributed by atoms with E-state index in [0.29, 0.717) is 6.20 Å². The standard InChI is InChI=1S/C7H3ClF3NO/c8-6-3(2-13)5(7(10)11)4(9)1-12-6/h1-2,7H. The number of aromatic nitrogens is 1. The molecule has 0 saturated heterocycles. The van der Waals surface area contributed by atoms with Crippen LogP contribution < -0.4 is 0 Å². The highest BCUT2D eigenvalue weighted by Gasteiger charge is 2.21. The second-order valence-corrected chi connectivity index (χ2v) is 2.50. The zero-order chi connectivity index (χ0) is 10.0. The third-order valence-corrected chi connectivity index (χ3v) is 1.70. The molecule has 0 aromatic carbocycles. The van der Waals surface area contributed by atoms with Gasteiger partial charge in [-0.15, -0.1) is 0 Å². The quantitative estimate of drug-likeness (QED) is 0.554. The van der Waals surface area contributed by atoms with Crippen LogP contribution in [-0.2, 0) is 0 Å². The Morgan fingerprint density at radius 3 is 2.54 bits per heavy atom. The number of carbonyl (C=O) groups excluding carboxylic acids is 1. The van der Waals surface area contributed by atoms with E-state index in [1.54, 1.807) is 0 Å². The van der Waals surface area contributed by atoms with Crippen molar-refractivity contribution < 1.29 is 18.0 Å². The summed E-state index contributed by atoms with van der Waals surface area (Å²) < 4.78 is 37.0. The van der Waals surface area contributed by atoms with Crippen LogP contribution in [0.4, 0.5) is 13.2 Å². The second-order valence-electron chi connectivity index (χ2n) is 2.14. The fourth-order valence-corrected chi connectivity index (χ4v) is 1.02. The van der Waals surface area contributed by atoms with Gasteiger partial charge in [0.1, 0.15) is 5.15 Å². The number of nitrogens with zero attached hydrogens (tertiary/aromatic N) is 1. The molecular formula is C7H3ClF3NO. The van der Waals surface area contributed by atoms with E-state index in [4.69, 9.17) is 11.6 Å². The van der Waals surface area contributed by atoms with E-state index in [9.17, 15) is 18.0 Å². The molecule has 1 heterocycles. The lowest BCUT2D eigenvalue weighted by Crippen LogP contribution is -2.00. The minimum absolute atomic E-state index is 0.0555. The van der Waals surface area contributed by atoms with Gasteiger partial charge in [0.2, 0.25) is 0 Å². The smallest absolute Gasteiger partial charge is 0.267 e. The maximum absolute atomic E-state index is 12.7. The molecule has 6 heteroatoms. The second kappa shape index (κ2) is 3.74. The summed E-state index contributed by atoms with van der Waals surface area (Å²) in [5.74, 6) is -1.23. The molecule has 0 aliphatic rings. The number of halogens is 4.